The zero-order valence-corrected chi connectivity index (χ0v) is 6.28. The summed E-state index contributed by atoms with van der Waals surface area (Å²) in [4.78, 5) is 21.9. The van der Waals surface area contributed by atoms with Gasteiger partial charge >= 0.3 is 0 Å². The zero-order chi connectivity index (χ0) is 9.14. The van der Waals surface area contributed by atoms with Gasteiger partial charge in [0.2, 0.25) is 11.8 Å². The molecular formula is C6H10N2O4. The van der Waals surface area contributed by atoms with Gasteiger partial charge in [-0.1, -0.05) is 0 Å². The van der Waals surface area contributed by atoms with Gasteiger partial charge in [-0.15, -0.1) is 0 Å². The number of rotatable bonds is 2. The zero-order valence-electron chi connectivity index (χ0n) is 6.28. The molecule has 1 heterocycles. The molecule has 0 saturated carbocycles. The van der Waals surface area contributed by atoms with Crippen LogP contribution in [0.1, 0.15) is 0 Å². The van der Waals surface area contributed by atoms with Crippen LogP contribution in [0.2, 0.25) is 0 Å². The molecule has 0 aromatic rings. The van der Waals surface area contributed by atoms with Gasteiger partial charge in [0.05, 0.1) is 13.2 Å². The minimum Gasteiger partial charge on any atom is -0.394 e. The number of amides is 2. The van der Waals surface area contributed by atoms with Crippen molar-refractivity contribution < 1.29 is 19.8 Å². The largest absolute Gasteiger partial charge is 0.394 e. The minimum absolute atomic E-state index is 0.435. The predicted octanol–water partition coefficient (Wildman–Crippen LogP) is -3.05. The van der Waals surface area contributed by atoms with Gasteiger partial charge in [-0.25, -0.2) is 0 Å². The highest BCUT2D eigenvalue weighted by atomic mass is 16.3. The van der Waals surface area contributed by atoms with Crippen molar-refractivity contribution in [1.82, 2.24) is 10.6 Å². The molecule has 0 bridgehead atoms. The predicted molar refractivity (Wildman–Crippen MR) is 38.0 cm³/mol. The number of piperazine rings is 1. The lowest BCUT2D eigenvalue weighted by atomic mass is 10.1. The second-order valence-corrected chi connectivity index (χ2v) is 2.49. The van der Waals surface area contributed by atoms with Crippen LogP contribution in [-0.4, -0.2) is 47.3 Å². The lowest BCUT2D eigenvalue weighted by Gasteiger charge is -2.27. The third-order valence-electron chi connectivity index (χ3n) is 1.63. The molecule has 1 fully saturated rings. The number of aliphatic hydroxyl groups is 2. The summed E-state index contributed by atoms with van der Waals surface area (Å²) < 4.78 is 0. The Labute approximate surface area is 68.6 Å². The maximum atomic E-state index is 10.9. The number of carbonyl (C=O) groups excluding carboxylic acids is 2. The Hall–Kier alpha value is -1.14. The first-order valence-corrected chi connectivity index (χ1v) is 3.51. The molecule has 0 aliphatic carbocycles. The van der Waals surface area contributed by atoms with Crippen molar-refractivity contribution in [2.24, 2.45) is 0 Å². The maximum absolute atomic E-state index is 10.9. The first-order chi connectivity index (χ1) is 5.69. The van der Waals surface area contributed by atoms with E-state index in [0.29, 0.717) is 0 Å². The van der Waals surface area contributed by atoms with Gasteiger partial charge in [0.15, 0.2) is 0 Å². The third-order valence-corrected chi connectivity index (χ3v) is 1.63. The number of aliphatic hydroxyl groups excluding tert-OH is 2. The first kappa shape index (κ1) is 8.95. The molecule has 0 spiro atoms. The van der Waals surface area contributed by atoms with Gasteiger partial charge in [-0.05, 0) is 0 Å². The fraction of sp³-hybridized carbons (Fsp3) is 0.667. The smallest absolute Gasteiger partial charge is 0.245 e. The highest BCUT2D eigenvalue weighted by Gasteiger charge is 2.32. The van der Waals surface area contributed by atoms with Crippen molar-refractivity contribution in [3.8, 4) is 0 Å². The molecule has 1 aliphatic rings. The molecule has 6 heteroatoms. The van der Waals surface area contributed by atoms with Crippen LogP contribution in [0.4, 0.5) is 0 Å². The number of nitrogens with one attached hydrogen (secondary N) is 2. The van der Waals surface area contributed by atoms with E-state index >= 15 is 0 Å². The van der Waals surface area contributed by atoms with Gasteiger partial charge in [-0.3, -0.25) is 9.59 Å². The molecule has 2 atom stereocenters. The average Bonchev–Trinajstić information content (AvgIpc) is 2.08. The maximum Gasteiger partial charge on any atom is 0.245 e. The van der Waals surface area contributed by atoms with Crippen LogP contribution < -0.4 is 10.6 Å². The fourth-order valence-electron chi connectivity index (χ4n) is 0.933. The summed E-state index contributed by atoms with van der Waals surface area (Å²) >= 11 is 0. The first-order valence-electron chi connectivity index (χ1n) is 3.51. The topological polar surface area (TPSA) is 98.7 Å². The van der Waals surface area contributed by atoms with Crippen molar-refractivity contribution in [1.29, 1.82) is 0 Å². The molecule has 1 aliphatic heterocycles. The SMILES string of the molecule is O=C1N[C@H](CO)C(=O)N[C@H]1CO. The molecule has 12 heavy (non-hydrogen) atoms. The van der Waals surface area contributed by atoms with Crippen LogP contribution in [0.15, 0.2) is 0 Å². The van der Waals surface area contributed by atoms with Crippen LogP contribution in [0.5, 0.6) is 0 Å². The number of hydrogen-bond donors (Lipinski definition) is 4. The van der Waals surface area contributed by atoms with E-state index in [-0.39, 0.29) is 0 Å². The van der Waals surface area contributed by atoms with Crippen LogP contribution in [0.3, 0.4) is 0 Å². The Bertz CT molecular complexity index is 184. The van der Waals surface area contributed by atoms with Gasteiger partial charge in [-0.2, -0.15) is 0 Å². The summed E-state index contributed by atoms with van der Waals surface area (Å²) in [6.45, 7) is -0.870. The minimum atomic E-state index is -0.889. The molecular weight excluding hydrogens is 164 g/mol. The molecule has 1 saturated heterocycles. The van der Waals surface area contributed by atoms with Crippen molar-refractivity contribution in [3.05, 3.63) is 0 Å². The van der Waals surface area contributed by atoms with Gasteiger partial charge in [0.1, 0.15) is 12.1 Å². The van der Waals surface area contributed by atoms with Crippen LogP contribution >= 0.6 is 0 Å². The van der Waals surface area contributed by atoms with Crippen molar-refractivity contribution in [3.63, 3.8) is 0 Å². The molecule has 0 radical (unpaired) electrons. The van der Waals surface area contributed by atoms with Crippen molar-refractivity contribution >= 4 is 11.8 Å². The fourth-order valence-corrected chi connectivity index (χ4v) is 0.933. The lowest BCUT2D eigenvalue weighted by molar-refractivity contribution is -0.138. The molecule has 68 valence electrons. The summed E-state index contributed by atoms with van der Waals surface area (Å²) in [5.74, 6) is -0.952. The molecule has 0 aromatic heterocycles. The van der Waals surface area contributed by atoms with E-state index in [1.165, 1.54) is 0 Å². The van der Waals surface area contributed by atoms with E-state index in [4.69, 9.17) is 10.2 Å². The quantitative estimate of drug-likeness (QED) is 0.357. The second-order valence-electron chi connectivity index (χ2n) is 2.49. The molecule has 4 N–H and O–H groups in total. The third kappa shape index (κ3) is 1.54. The van der Waals surface area contributed by atoms with E-state index < -0.39 is 37.1 Å². The molecule has 1 rings (SSSR count). The Balaban J connectivity index is 2.61. The van der Waals surface area contributed by atoms with Crippen LogP contribution in [-0.2, 0) is 9.59 Å². The Morgan fingerprint density at radius 3 is 1.58 bits per heavy atom. The Kier molecular flexibility index (Phi) is 2.61. The van der Waals surface area contributed by atoms with E-state index in [0.717, 1.165) is 0 Å². The monoisotopic (exact) mass is 174 g/mol. The standard InChI is InChI=1S/C6H10N2O4/c9-1-3-5(11)8-4(2-10)6(12)7-3/h3-4,9-10H,1-2H2,(H,7,12)(H,8,11)/t3-,4+. The summed E-state index contributed by atoms with van der Waals surface area (Å²) in [5, 5.41) is 21.7. The average molecular weight is 174 g/mol. The molecule has 0 unspecified atom stereocenters. The Morgan fingerprint density at radius 2 is 1.33 bits per heavy atom. The lowest BCUT2D eigenvalue weighted by Crippen LogP contribution is -2.63. The molecule has 0 aromatic carbocycles. The Morgan fingerprint density at radius 1 is 1.00 bits per heavy atom. The van der Waals surface area contributed by atoms with E-state index in [1.807, 2.05) is 0 Å². The highest BCUT2D eigenvalue weighted by Crippen LogP contribution is 1.95. The number of carbonyl (C=O) groups is 2. The van der Waals surface area contributed by atoms with Gasteiger partial charge in [0.25, 0.3) is 0 Å². The van der Waals surface area contributed by atoms with Gasteiger partial charge < -0.3 is 20.8 Å². The highest BCUT2D eigenvalue weighted by molar-refractivity contribution is 5.97. The molecule has 2 amide bonds. The normalized spacial score (nSPS) is 29.5. The second kappa shape index (κ2) is 3.51. The van der Waals surface area contributed by atoms with Crippen molar-refractivity contribution in [2.45, 2.75) is 12.1 Å². The van der Waals surface area contributed by atoms with Crippen molar-refractivity contribution in [2.75, 3.05) is 13.2 Å². The molecule has 6 nitrogen and oxygen atoms in total. The summed E-state index contributed by atoms with van der Waals surface area (Å²) in [7, 11) is 0. The van der Waals surface area contributed by atoms with E-state index in [2.05, 4.69) is 10.6 Å². The van der Waals surface area contributed by atoms with Gasteiger partial charge in [0, 0.05) is 0 Å². The van der Waals surface area contributed by atoms with E-state index in [1.54, 1.807) is 0 Å². The number of hydrogen-bond acceptors (Lipinski definition) is 4. The summed E-state index contributed by atoms with van der Waals surface area (Å²) in [6.07, 6.45) is 0. The van der Waals surface area contributed by atoms with Crippen LogP contribution in [0, 0.1) is 0 Å². The van der Waals surface area contributed by atoms with Crippen LogP contribution in [0.25, 0.3) is 0 Å². The summed E-state index contributed by atoms with van der Waals surface area (Å²) in [5.41, 5.74) is 0. The summed E-state index contributed by atoms with van der Waals surface area (Å²) in [6, 6.07) is -1.78. The van der Waals surface area contributed by atoms with E-state index in [9.17, 15) is 9.59 Å².